The van der Waals surface area contributed by atoms with Crippen LogP contribution < -0.4 is 0 Å². The summed E-state index contributed by atoms with van der Waals surface area (Å²) in [6.07, 6.45) is -2.88. The normalized spacial score (nSPS) is 10.8. The van der Waals surface area contributed by atoms with Gasteiger partial charge in [0.2, 0.25) is 5.95 Å². The molecule has 0 radical (unpaired) electrons. The minimum atomic E-state index is -2.88. The number of nitrogens with zero attached hydrogens (tertiary/aromatic N) is 1. The Kier molecular flexibility index (Phi) is 2.95. The largest absolute Gasteiger partial charge is 0.268 e. The lowest BCUT2D eigenvalue weighted by molar-refractivity contribution is 0.145. The predicted octanol–water partition coefficient (Wildman–Crippen LogP) is 3.57. The summed E-state index contributed by atoms with van der Waals surface area (Å²) in [5.41, 5.74) is -0.758. The van der Waals surface area contributed by atoms with E-state index in [2.05, 4.69) is 20.9 Å². The summed E-state index contributed by atoms with van der Waals surface area (Å²) in [4.78, 5) is 3.07. The summed E-state index contributed by atoms with van der Waals surface area (Å²) >= 11 is 8.20. The molecule has 0 saturated heterocycles. The molecule has 0 aliphatic heterocycles. The average molecular weight is 260 g/mol. The first kappa shape index (κ1) is 9.80. The van der Waals surface area contributed by atoms with E-state index in [0.717, 1.165) is 6.07 Å². The molecule has 1 nitrogen and oxygen atoms in total. The van der Waals surface area contributed by atoms with Crippen LogP contribution in [0.25, 0.3) is 0 Å². The first-order valence-electron chi connectivity index (χ1n) is 2.82. The van der Waals surface area contributed by atoms with Crippen molar-refractivity contribution in [3.8, 4) is 0 Å². The fraction of sp³-hybridized carbons (Fsp3) is 0.167. The maximum Gasteiger partial charge on any atom is 0.268 e. The van der Waals surface area contributed by atoms with Gasteiger partial charge in [-0.05, 0) is 22.0 Å². The summed E-state index contributed by atoms with van der Waals surface area (Å²) < 4.78 is 36.7. The molecule has 66 valence electrons. The van der Waals surface area contributed by atoms with Crippen LogP contribution in [0.2, 0.25) is 5.15 Å². The highest BCUT2D eigenvalue weighted by Crippen LogP contribution is 2.28. The lowest BCUT2D eigenvalue weighted by Crippen LogP contribution is -1.95. The van der Waals surface area contributed by atoms with E-state index in [9.17, 15) is 13.2 Å². The predicted molar refractivity (Wildman–Crippen MR) is 41.9 cm³/mol. The Labute approximate surface area is 79.7 Å². The van der Waals surface area contributed by atoms with Gasteiger partial charge < -0.3 is 0 Å². The number of aromatic nitrogens is 1. The van der Waals surface area contributed by atoms with Crippen molar-refractivity contribution >= 4 is 27.5 Å². The number of hydrogen-bond acceptors (Lipinski definition) is 1. The van der Waals surface area contributed by atoms with E-state index in [1.54, 1.807) is 0 Å². The minimum absolute atomic E-state index is 0.154. The molecule has 6 heteroatoms. The summed E-state index contributed by atoms with van der Waals surface area (Å²) in [6.45, 7) is 0. The van der Waals surface area contributed by atoms with Gasteiger partial charge in [-0.15, -0.1) is 0 Å². The van der Waals surface area contributed by atoms with Gasteiger partial charge in [-0.3, -0.25) is 0 Å². The van der Waals surface area contributed by atoms with Crippen LogP contribution in [0.5, 0.6) is 0 Å². The molecule has 0 saturated carbocycles. The highest BCUT2D eigenvalue weighted by molar-refractivity contribution is 9.10. The maximum absolute atomic E-state index is 12.6. The zero-order valence-electron chi connectivity index (χ0n) is 5.49. The van der Waals surface area contributed by atoms with Gasteiger partial charge >= 0.3 is 0 Å². The van der Waals surface area contributed by atoms with E-state index in [4.69, 9.17) is 11.6 Å². The SMILES string of the molecule is Fc1nc(Cl)c(Br)cc1C(F)F. The van der Waals surface area contributed by atoms with Gasteiger partial charge in [-0.1, -0.05) is 11.6 Å². The van der Waals surface area contributed by atoms with Crippen molar-refractivity contribution in [3.63, 3.8) is 0 Å². The van der Waals surface area contributed by atoms with Crippen LogP contribution in [0.4, 0.5) is 13.2 Å². The Hall–Kier alpha value is -0.290. The van der Waals surface area contributed by atoms with E-state index in [0.29, 0.717) is 0 Å². The van der Waals surface area contributed by atoms with Gasteiger partial charge in [0.05, 0.1) is 10.0 Å². The van der Waals surface area contributed by atoms with Crippen LogP contribution in [-0.4, -0.2) is 4.98 Å². The molecule has 0 aliphatic carbocycles. The lowest BCUT2D eigenvalue weighted by atomic mass is 10.3. The Morgan fingerprint density at radius 3 is 2.58 bits per heavy atom. The van der Waals surface area contributed by atoms with Gasteiger partial charge in [-0.2, -0.15) is 4.39 Å². The van der Waals surface area contributed by atoms with Gasteiger partial charge in [0.1, 0.15) is 5.15 Å². The van der Waals surface area contributed by atoms with Crippen LogP contribution in [0, 0.1) is 5.95 Å². The van der Waals surface area contributed by atoms with Crippen LogP contribution >= 0.6 is 27.5 Å². The topological polar surface area (TPSA) is 12.9 Å². The van der Waals surface area contributed by atoms with E-state index < -0.39 is 17.9 Å². The quantitative estimate of drug-likeness (QED) is 0.703. The third kappa shape index (κ3) is 1.90. The van der Waals surface area contributed by atoms with Crippen molar-refractivity contribution in [3.05, 3.63) is 27.2 Å². The standard InChI is InChI=1S/C6H2BrClF3N/c7-3-1-2(5(9)10)6(11)12-4(3)8/h1,5H. The molecule has 0 spiro atoms. The number of halogens is 5. The first-order valence-corrected chi connectivity index (χ1v) is 3.99. The number of alkyl halides is 2. The van der Waals surface area contributed by atoms with E-state index in [1.165, 1.54) is 0 Å². The molecule has 0 aromatic carbocycles. The zero-order valence-corrected chi connectivity index (χ0v) is 7.83. The number of rotatable bonds is 1. The smallest absolute Gasteiger partial charge is 0.206 e. The van der Waals surface area contributed by atoms with Crippen LogP contribution in [0.15, 0.2) is 10.5 Å². The van der Waals surface area contributed by atoms with E-state index in [-0.39, 0.29) is 9.63 Å². The first-order chi connectivity index (χ1) is 5.52. The molecule has 0 amide bonds. The molecule has 0 aliphatic rings. The lowest BCUT2D eigenvalue weighted by Gasteiger charge is -2.02. The van der Waals surface area contributed by atoms with Crippen molar-refractivity contribution in [2.75, 3.05) is 0 Å². The van der Waals surface area contributed by atoms with Crippen LogP contribution in [0.1, 0.15) is 12.0 Å². The van der Waals surface area contributed by atoms with Crippen molar-refractivity contribution in [2.24, 2.45) is 0 Å². The van der Waals surface area contributed by atoms with Gasteiger partial charge in [0.25, 0.3) is 6.43 Å². The molecule has 0 N–H and O–H groups in total. The maximum atomic E-state index is 12.6. The van der Waals surface area contributed by atoms with Crippen molar-refractivity contribution in [1.82, 2.24) is 4.98 Å². The van der Waals surface area contributed by atoms with Crippen LogP contribution in [0.3, 0.4) is 0 Å². The molecular formula is C6H2BrClF3N. The zero-order chi connectivity index (χ0) is 9.30. The van der Waals surface area contributed by atoms with Crippen molar-refractivity contribution in [1.29, 1.82) is 0 Å². The molecule has 0 unspecified atom stereocenters. The Morgan fingerprint density at radius 1 is 1.50 bits per heavy atom. The van der Waals surface area contributed by atoms with E-state index in [1.807, 2.05) is 0 Å². The van der Waals surface area contributed by atoms with Gasteiger partial charge in [0.15, 0.2) is 0 Å². The van der Waals surface area contributed by atoms with Crippen molar-refractivity contribution < 1.29 is 13.2 Å². The summed E-state index contributed by atoms with van der Waals surface area (Å²) in [6, 6.07) is 0.912. The van der Waals surface area contributed by atoms with Crippen LogP contribution in [-0.2, 0) is 0 Å². The molecule has 1 rings (SSSR count). The molecule has 0 atom stereocenters. The molecule has 0 fully saturated rings. The van der Waals surface area contributed by atoms with Gasteiger partial charge in [0, 0.05) is 0 Å². The second-order valence-electron chi connectivity index (χ2n) is 1.94. The fourth-order valence-corrected chi connectivity index (χ4v) is 1.08. The molecule has 1 aromatic heterocycles. The molecule has 1 aromatic rings. The highest BCUT2D eigenvalue weighted by atomic mass is 79.9. The Balaban J connectivity index is 3.23. The monoisotopic (exact) mass is 259 g/mol. The summed E-state index contributed by atoms with van der Waals surface area (Å²) in [7, 11) is 0. The summed E-state index contributed by atoms with van der Waals surface area (Å²) in [5, 5.41) is -0.170. The Morgan fingerprint density at radius 2 is 2.08 bits per heavy atom. The highest BCUT2D eigenvalue weighted by Gasteiger charge is 2.16. The molecule has 0 bridgehead atoms. The van der Waals surface area contributed by atoms with E-state index >= 15 is 0 Å². The fourth-order valence-electron chi connectivity index (χ4n) is 0.613. The summed E-state index contributed by atoms with van der Waals surface area (Å²) in [5.74, 6) is -1.24. The average Bonchev–Trinajstić information content (AvgIpc) is 1.96. The third-order valence-corrected chi connectivity index (χ3v) is 2.27. The van der Waals surface area contributed by atoms with Gasteiger partial charge in [-0.25, -0.2) is 13.8 Å². The molecular weight excluding hydrogens is 258 g/mol. The minimum Gasteiger partial charge on any atom is -0.206 e. The molecule has 12 heavy (non-hydrogen) atoms. The second kappa shape index (κ2) is 3.62. The number of hydrogen-bond donors (Lipinski definition) is 0. The van der Waals surface area contributed by atoms with Crippen molar-refractivity contribution in [2.45, 2.75) is 6.43 Å². The third-order valence-electron chi connectivity index (χ3n) is 1.15. The second-order valence-corrected chi connectivity index (χ2v) is 3.15. The number of pyridine rings is 1. The Bertz CT molecular complexity index is 305. The molecule has 1 heterocycles.